The number of nitrogens with zero attached hydrogens (tertiary/aromatic N) is 8. The molecule has 646 valence electrons. The zero-order chi connectivity index (χ0) is 85.3. The summed E-state index contributed by atoms with van der Waals surface area (Å²) in [4.78, 5) is 68.6. The molecule has 6 saturated carbocycles. The molecule has 0 spiro atoms. The molecule has 8 aromatic carbocycles. The van der Waals surface area contributed by atoms with Crippen LogP contribution in [0.1, 0.15) is 210 Å². The van der Waals surface area contributed by atoms with Gasteiger partial charge >= 0.3 is 0 Å². The third-order valence-electron chi connectivity index (χ3n) is 33.1. The Bertz CT molecular complexity index is 5330. The maximum absolute atomic E-state index is 14.7. The smallest absolute Gasteiger partial charge is 0.163 e. The minimum atomic E-state index is -3.54. The van der Waals surface area contributed by atoms with Crippen LogP contribution in [0.2, 0.25) is 0 Å². The fraction of sp³-hybridized carbons (Fsp3) is 0.455. The number of hydrogen-bond acceptors (Lipinski definition) is 10. The summed E-state index contributed by atoms with van der Waals surface area (Å²) in [6.07, 6.45) is 33.8. The van der Waals surface area contributed by atoms with Crippen LogP contribution in [0.15, 0.2) is 242 Å². The van der Waals surface area contributed by atoms with Crippen molar-refractivity contribution in [2.24, 2.45) is 92.7 Å². The zero-order valence-electron chi connectivity index (χ0n) is 75.3. The van der Waals surface area contributed by atoms with Gasteiger partial charge in [-0.05, 0) is 238 Å². The number of rotatable bonds is 18. The Morgan fingerprint density at radius 2 is 0.648 bits per heavy atom. The molecule has 6 fully saturated rings. The summed E-state index contributed by atoms with van der Waals surface area (Å²) in [6.45, 7) is 25.2. The maximum atomic E-state index is 14.7. The van der Waals surface area contributed by atoms with E-state index in [1.807, 2.05) is 218 Å². The average molecular weight is 1750 g/mol. The van der Waals surface area contributed by atoms with Gasteiger partial charge < -0.3 is 48.3 Å². The third kappa shape index (κ3) is 16.3. The quantitative estimate of drug-likeness (QED) is 0.0589. The topological polar surface area (TPSA) is 170 Å². The van der Waals surface area contributed by atoms with E-state index >= 15 is 0 Å². The molecular formula is C110H126GeN8O4Si2-4. The molecule has 15 heteroatoms. The van der Waals surface area contributed by atoms with Crippen molar-refractivity contribution in [2.75, 3.05) is 0 Å². The van der Waals surface area contributed by atoms with Crippen LogP contribution in [0, 0.1) is 92.7 Å². The first-order valence-corrected chi connectivity index (χ1v) is 51.2. The van der Waals surface area contributed by atoms with Gasteiger partial charge in [-0.15, -0.1) is 0 Å². The Balaban J connectivity index is 0.000000127. The van der Waals surface area contributed by atoms with Crippen LogP contribution < -0.4 is 40.3 Å². The molecule has 16 atom stereocenters. The van der Waals surface area contributed by atoms with E-state index in [0.29, 0.717) is 56.7 Å². The summed E-state index contributed by atoms with van der Waals surface area (Å²) >= 11 is 0. The predicted octanol–water partition coefficient (Wildman–Crippen LogP) is 21.8. The minimum Gasteiger partial charge on any atom is -0.831 e. The standard InChI is InChI=1S/2C39H55O2Si.C32H16N8.Ge/c2*1-28(2)13-12-14-29(3)35-21-22-36-34-20-19-30-27-31(23-25-38(30,4)37(34)24-26-39(35,36)5)41-42(40,32-15-8-6-9-16-32)33-17-10-7-11-18-33;1-2-10-18-17(9-1)25-33-26(18)38-28-21-13-5-6-14-22(21)30(35-28)40-32-24-16-8-7-15-23(24)31(36-32)39-29-20-12-4-3-11-19(20)27(34-29)37-25;/h2*6-11,15-19,28-29,31,34-37H,12-14,20-27H2,1-5H3;1-16H;/q2*-1;-2;. The minimum absolute atomic E-state index is 0. The van der Waals surface area contributed by atoms with Gasteiger partial charge in [0.05, 0.1) is 23.3 Å². The summed E-state index contributed by atoms with van der Waals surface area (Å²) in [7, 11) is -7.09. The molecule has 8 bridgehead atoms. The number of hydrogen-bond donors (Lipinski definition) is 0. The van der Waals surface area contributed by atoms with Gasteiger partial charge in [0.15, 0.2) is 17.1 Å². The van der Waals surface area contributed by atoms with E-state index in [1.165, 1.54) is 103 Å². The molecule has 21 rings (SSSR count). The molecule has 125 heavy (non-hydrogen) atoms. The van der Waals surface area contributed by atoms with Crippen molar-refractivity contribution in [1.82, 2.24) is 39.9 Å². The van der Waals surface area contributed by atoms with Gasteiger partial charge in [0.2, 0.25) is 0 Å². The van der Waals surface area contributed by atoms with Crippen molar-refractivity contribution >= 4 is 99.6 Å². The van der Waals surface area contributed by atoms with Crippen LogP contribution in [0.3, 0.4) is 0 Å². The summed E-state index contributed by atoms with van der Waals surface area (Å²) in [5.41, 5.74) is 10.6. The van der Waals surface area contributed by atoms with Crippen LogP contribution >= 0.6 is 0 Å². The number of fused-ring (bicyclic) bond motifs is 30. The molecule has 11 aromatic rings. The van der Waals surface area contributed by atoms with Crippen molar-refractivity contribution in [3.8, 4) is 45.6 Å². The third-order valence-corrected chi connectivity index (χ3v) is 38.8. The Labute approximate surface area is 755 Å². The van der Waals surface area contributed by atoms with E-state index in [2.05, 4.69) is 81.4 Å². The van der Waals surface area contributed by atoms with Crippen molar-refractivity contribution < 1.29 is 18.4 Å². The Morgan fingerprint density at radius 1 is 0.352 bits per heavy atom. The van der Waals surface area contributed by atoms with Crippen molar-refractivity contribution in [3.63, 3.8) is 0 Å². The molecule has 5 heterocycles. The van der Waals surface area contributed by atoms with Crippen LogP contribution in [-0.2, 0) is 8.85 Å². The van der Waals surface area contributed by atoms with Crippen LogP contribution in [0.4, 0.5) is 0 Å². The molecule has 0 saturated heterocycles. The Morgan fingerprint density at radius 3 is 0.952 bits per heavy atom. The van der Waals surface area contributed by atoms with E-state index in [1.54, 1.807) is 11.1 Å². The molecule has 0 N–H and O–H groups in total. The van der Waals surface area contributed by atoms with E-state index in [-0.39, 0.29) is 40.6 Å². The van der Waals surface area contributed by atoms with Crippen LogP contribution in [0.5, 0.6) is 0 Å². The van der Waals surface area contributed by atoms with Crippen LogP contribution in [0.25, 0.3) is 89.7 Å². The molecule has 4 radical (unpaired) electrons. The van der Waals surface area contributed by atoms with Gasteiger partial charge in [-0.1, -0.05) is 349 Å². The van der Waals surface area contributed by atoms with Gasteiger partial charge in [0, 0.05) is 74.6 Å². The first-order chi connectivity index (χ1) is 60.1. The van der Waals surface area contributed by atoms with E-state index in [0.717, 1.165) is 174 Å². The van der Waals surface area contributed by atoms with E-state index < -0.39 is 17.1 Å². The van der Waals surface area contributed by atoms with Crippen molar-refractivity contribution in [2.45, 2.75) is 223 Å². The first-order valence-electron chi connectivity index (χ1n) is 47.6. The van der Waals surface area contributed by atoms with E-state index in [4.69, 9.17) is 48.7 Å². The zero-order valence-corrected chi connectivity index (χ0v) is 79.4. The van der Waals surface area contributed by atoms with Gasteiger partial charge in [0.1, 0.15) is 0 Å². The molecule has 12 nitrogen and oxygen atoms in total. The second kappa shape index (κ2) is 35.8. The number of benzene rings is 8. The predicted molar refractivity (Wildman–Crippen MR) is 511 cm³/mol. The van der Waals surface area contributed by atoms with Crippen molar-refractivity contribution in [1.29, 1.82) is 0 Å². The summed E-state index contributed by atoms with van der Waals surface area (Å²) in [6, 6.07) is 71.6. The van der Waals surface area contributed by atoms with Gasteiger partial charge in [-0.25, -0.2) is 9.97 Å². The molecule has 10 aliphatic rings. The fourth-order valence-electron chi connectivity index (χ4n) is 26.7. The molecular weight excluding hydrogens is 1630 g/mol. The Hall–Kier alpha value is -8.58. The van der Waals surface area contributed by atoms with Crippen LogP contribution in [-0.4, -0.2) is 76.8 Å². The maximum Gasteiger partial charge on any atom is 0.163 e. The second-order valence-corrected chi connectivity index (χ2v) is 46.2. The largest absolute Gasteiger partial charge is 0.831 e. The molecule has 2 aliphatic heterocycles. The molecule has 8 aliphatic carbocycles. The SMILES string of the molecule is CC(C)CCCC(C)C1CCC2C3CC=C4CC(O[Si]([O-])(c5ccccc5)c5ccccc5)CCC4(C)C3CCC12C.CC(C)CCCC(C)C1CCC2C3CC=C4CC(O[Si]([O-])(c5ccccc5)c5ccccc5)CCC4(C)C3CCC12C.[Ge].c1ccc2c(c1)-c1nc-2nc2[n-]c(nc3nc(nc4[n-]c(n1)c1ccccc41)-c1ccccc1-3)c1ccccc21. The number of allylic oxidation sites excluding steroid dienone is 2. The normalized spacial score (nSPS) is 27.5. The van der Waals surface area contributed by atoms with Gasteiger partial charge in [-0.3, -0.25) is 0 Å². The summed E-state index contributed by atoms with van der Waals surface area (Å²) in [5.74, 6) is 12.4. The van der Waals surface area contributed by atoms with E-state index in [9.17, 15) is 9.59 Å². The Kier molecular flexibility index (Phi) is 25.0. The van der Waals surface area contributed by atoms with Gasteiger partial charge in [-0.2, -0.15) is 0 Å². The average Bonchev–Trinajstić information content (AvgIpc) is 1.68. The molecule has 16 unspecified atom stereocenters. The number of aromatic nitrogens is 8. The molecule has 0 amide bonds. The second-order valence-electron chi connectivity index (χ2n) is 40.9. The monoisotopic (exact) mass is 1750 g/mol. The summed E-state index contributed by atoms with van der Waals surface area (Å²) in [5, 5.41) is 6.92. The first kappa shape index (κ1) is 87.1. The summed E-state index contributed by atoms with van der Waals surface area (Å²) < 4.78 is 13.6. The van der Waals surface area contributed by atoms with Gasteiger partial charge in [0.25, 0.3) is 0 Å². The molecule has 3 aromatic heterocycles. The fourth-order valence-corrected chi connectivity index (χ4v) is 31.7. The van der Waals surface area contributed by atoms with Crippen molar-refractivity contribution in [3.05, 3.63) is 242 Å².